The predicted molar refractivity (Wildman–Crippen MR) is 61.2 cm³/mol. The summed E-state index contributed by atoms with van der Waals surface area (Å²) < 4.78 is 16.4. The third kappa shape index (κ3) is 6.04. The van der Waals surface area contributed by atoms with Gasteiger partial charge in [-0.05, 0) is 19.3 Å². The van der Waals surface area contributed by atoms with Crippen molar-refractivity contribution < 1.29 is 18.1 Å². The molecule has 0 atom stereocenters. The summed E-state index contributed by atoms with van der Waals surface area (Å²) in [5.74, 6) is 0.730. The molecule has 0 radical (unpaired) electrons. The van der Waals surface area contributed by atoms with E-state index in [2.05, 4.69) is 0 Å². The highest BCUT2D eigenvalue weighted by Gasteiger charge is 2.41. The molecule has 0 aromatic rings. The minimum atomic E-state index is -3.01. The number of carbonyl (C=O) groups excluding carboxylic acids is 1. The molecule has 0 aliphatic rings. The predicted octanol–water partition coefficient (Wildman–Crippen LogP) is 1.98. The zero-order chi connectivity index (χ0) is 11.6. The molecule has 5 heteroatoms. The van der Waals surface area contributed by atoms with Gasteiger partial charge >= 0.3 is 8.80 Å². The van der Waals surface area contributed by atoms with E-state index < -0.39 is 8.80 Å². The maximum Gasteiger partial charge on any atom is 0.571 e. The molecule has 0 bridgehead atoms. The van der Waals surface area contributed by atoms with E-state index in [-0.39, 0.29) is 0 Å². The minimum Gasteiger partial charge on any atom is -0.369 e. The molecule has 0 heterocycles. The second-order valence-electron chi connectivity index (χ2n) is 3.27. The van der Waals surface area contributed by atoms with E-state index in [1.54, 1.807) is 0 Å². The minimum absolute atomic E-state index is 0.512. The molecular formula is C10H22O4Si. The van der Waals surface area contributed by atoms with Crippen LogP contribution in [-0.4, -0.2) is 34.5 Å². The Labute approximate surface area is 93.3 Å². The van der Waals surface area contributed by atoms with Gasteiger partial charge in [0.1, 0.15) is 0 Å². The lowest BCUT2D eigenvalue weighted by molar-refractivity contribution is 0.0761. The quantitative estimate of drug-likeness (QED) is 0.428. The highest BCUT2D eigenvalue weighted by molar-refractivity contribution is 6.86. The zero-order valence-electron chi connectivity index (χ0n) is 9.95. The fourth-order valence-corrected chi connectivity index (χ4v) is 2.88. The van der Waals surface area contributed by atoms with Crippen LogP contribution in [0.25, 0.3) is 0 Å². The molecule has 0 saturated heterocycles. The van der Waals surface area contributed by atoms with Crippen molar-refractivity contribution >= 4 is 14.7 Å². The van der Waals surface area contributed by atoms with Crippen molar-refractivity contribution in [2.45, 2.75) is 40.0 Å². The van der Waals surface area contributed by atoms with Crippen molar-refractivity contribution in [3.05, 3.63) is 0 Å². The second kappa shape index (κ2) is 9.03. The van der Waals surface area contributed by atoms with Gasteiger partial charge in [-0.2, -0.15) is 0 Å². The van der Waals surface area contributed by atoms with E-state index >= 15 is 0 Å². The van der Waals surface area contributed by atoms with Gasteiger partial charge in [-0.25, -0.2) is 0 Å². The standard InChI is InChI=1S/C10H22O4Si/c1-4-7-12-15(10-11,13-8-5-2)14-9-6-3/h10H,4-9H2,1-3H3. The molecule has 90 valence electrons. The van der Waals surface area contributed by atoms with Gasteiger partial charge in [0.25, 0.3) is 0 Å². The summed E-state index contributed by atoms with van der Waals surface area (Å²) in [6.45, 7) is 7.51. The van der Waals surface area contributed by atoms with Gasteiger partial charge in [0, 0.05) is 19.8 Å². The van der Waals surface area contributed by atoms with Crippen molar-refractivity contribution in [1.82, 2.24) is 0 Å². The average molecular weight is 234 g/mol. The summed E-state index contributed by atoms with van der Waals surface area (Å²) in [7, 11) is -3.01. The van der Waals surface area contributed by atoms with Crippen LogP contribution >= 0.6 is 0 Å². The van der Waals surface area contributed by atoms with Crippen molar-refractivity contribution in [3.63, 3.8) is 0 Å². The lowest BCUT2D eigenvalue weighted by atomic mass is 10.5. The van der Waals surface area contributed by atoms with Crippen molar-refractivity contribution in [2.24, 2.45) is 0 Å². The van der Waals surface area contributed by atoms with Crippen LogP contribution in [0.15, 0.2) is 0 Å². The largest absolute Gasteiger partial charge is 0.571 e. The normalized spacial score (nSPS) is 11.7. The summed E-state index contributed by atoms with van der Waals surface area (Å²) in [6, 6.07) is 0. The van der Waals surface area contributed by atoms with Gasteiger partial charge in [-0.1, -0.05) is 20.8 Å². The molecule has 0 amide bonds. The Balaban J connectivity index is 4.23. The molecule has 0 unspecified atom stereocenters. The summed E-state index contributed by atoms with van der Waals surface area (Å²) in [5, 5.41) is 0. The van der Waals surface area contributed by atoms with Crippen LogP contribution < -0.4 is 0 Å². The van der Waals surface area contributed by atoms with E-state index in [0.717, 1.165) is 25.2 Å². The van der Waals surface area contributed by atoms with Crippen LogP contribution in [-0.2, 0) is 18.1 Å². The molecule has 0 aromatic heterocycles. The monoisotopic (exact) mass is 234 g/mol. The Bertz CT molecular complexity index is 142. The smallest absolute Gasteiger partial charge is 0.369 e. The van der Waals surface area contributed by atoms with Crippen LogP contribution in [0.4, 0.5) is 0 Å². The van der Waals surface area contributed by atoms with Crippen LogP contribution in [0.2, 0.25) is 0 Å². The topological polar surface area (TPSA) is 44.8 Å². The van der Waals surface area contributed by atoms with Crippen LogP contribution in [0, 0.1) is 0 Å². The fraction of sp³-hybridized carbons (Fsp3) is 0.900. The molecule has 0 aliphatic carbocycles. The van der Waals surface area contributed by atoms with E-state index in [4.69, 9.17) is 13.3 Å². The Morgan fingerprint density at radius 3 is 1.40 bits per heavy atom. The number of hydrogen-bond acceptors (Lipinski definition) is 4. The highest BCUT2D eigenvalue weighted by Crippen LogP contribution is 2.08. The van der Waals surface area contributed by atoms with E-state index in [0.29, 0.717) is 19.8 Å². The Morgan fingerprint density at radius 2 is 1.20 bits per heavy atom. The summed E-state index contributed by atoms with van der Waals surface area (Å²) in [6.07, 6.45) is 2.56. The zero-order valence-corrected chi connectivity index (χ0v) is 11.0. The first-order valence-corrected chi connectivity index (χ1v) is 7.43. The summed E-state index contributed by atoms with van der Waals surface area (Å²) >= 11 is 0. The molecule has 15 heavy (non-hydrogen) atoms. The molecule has 0 saturated carbocycles. The average Bonchev–Trinajstić information content (AvgIpc) is 2.29. The third-order valence-corrected chi connectivity index (χ3v) is 3.77. The van der Waals surface area contributed by atoms with Crippen LogP contribution in [0.3, 0.4) is 0 Å². The molecule has 0 fully saturated rings. The summed E-state index contributed by atoms with van der Waals surface area (Å²) in [5.41, 5.74) is 0. The van der Waals surface area contributed by atoms with E-state index in [9.17, 15) is 4.79 Å². The van der Waals surface area contributed by atoms with E-state index in [1.165, 1.54) is 0 Å². The Hall–Kier alpha value is -0.233. The van der Waals surface area contributed by atoms with Crippen molar-refractivity contribution in [3.8, 4) is 0 Å². The first-order chi connectivity index (χ1) is 7.24. The SMILES string of the molecule is CCCO[Si](C=O)(OCCC)OCCC. The molecule has 0 aromatic carbocycles. The van der Waals surface area contributed by atoms with Crippen molar-refractivity contribution in [2.75, 3.05) is 19.8 Å². The summed E-state index contributed by atoms with van der Waals surface area (Å²) in [4.78, 5) is 11.0. The molecule has 0 N–H and O–H groups in total. The highest BCUT2D eigenvalue weighted by atomic mass is 28.4. The molecule has 4 nitrogen and oxygen atoms in total. The Kier molecular flexibility index (Phi) is 8.89. The first kappa shape index (κ1) is 14.8. The number of hydrogen-bond donors (Lipinski definition) is 0. The maximum atomic E-state index is 11.0. The van der Waals surface area contributed by atoms with Gasteiger partial charge in [0.05, 0.1) is 0 Å². The lowest BCUT2D eigenvalue weighted by Crippen LogP contribution is -2.48. The maximum absolute atomic E-state index is 11.0. The molecule has 0 spiro atoms. The number of rotatable bonds is 10. The lowest BCUT2D eigenvalue weighted by Gasteiger charge is -2.23. The van der Waals surface area contributed by atoms with Crippen molar-refractivity contribution in [1.29, 1.82) is 0 Å². The van der Waals surface area contributed by atoms with Gasteiger partial charge < -0.3 is 18.1 Å². The fourth-order valence-electron chi connectivity index (χ4n) is 0.960. The van der Waals surface area contributed by atoms with Gasteiger partial charge in [-0.3, -0.25) is 0 Å². The number of carbonyl (C=O) groups is 1. The first-order valence-electron chi connectivity index (χ1n) is 5.62. The molecule has 0 aliphatic heterocycles. The van der Waals surface area contributed by atoms with E-state index in [1.807, 2.05) is 20.8 Å². The molecular weight excluding hydrogens is 212 g/mol. The van der Waals surface area contributed by atoms with Gasteiger partial charge in [0.15, 0.2) is 5.91 Å². The third-order valence-electron chi connectivity index (χ3n) is 1.67. The van der Waals surface area contributed by atoms with Crippen LogP contribution in [0.1, 0.15) is 40.0 Å². The van der Waals surface area contributed by atoms with Gasteiger partial charge in [0.2, 0.25) is 0 Å². The Morgan fingerprint density at radius 1 is 0.867 bits per heavy atom. The van der Waals surface area contributed by atoms with Crippen LogP contribution in [0.5, 0.6) is 0 Å². The second-order valence-corrected chi connectivity index (χ2v) is 5.58. The van der Waals surface area contributed by atoms with Gasteiger partial charge in [-0.15, -0.1) is 0 Å². The molecule has 0 rings (SSSR count).